The molecule has 1 fully saturated rings. The molecule has 0 radical (unpaired) electrons. The van der Waals surface area contributed by atoms with E-state index in [1.54, 1.807) is 5.48 Å². The van der Waals surface area contributed by atoms with Gasteiger partial charge in [0.25, 0.3) is 5.91 Å². The average molecular weight is 362 g/mol. The summed E-state index contributed by atoms with van der Waals surface area (Å²) in [5.74, 6) is -1.96. The van der Waals surface area contributed by atoms with Crippen LogP contribution in [0, 0.1) is 12.3 Å². The van der Waals surface area contributed by atoms with Crippen LogP contribution in [0.4, 0.5) is 0 Å². The van der Waals surface area contributed by atoms with Crippen molar-refractivity contribution in [1.82, 2.24) is 10.4 Å². The van der Waals surface area contributed by atoms with Gasteiger partial charge in [-0.25, -0.2) is 5.48 Å². The minimum absolute atomic E-state index is 0.0264. The molecule has 2 rings (SSSR count). The van der Waals surface area contributed by atoms with Gasteiger partial charge in [0.2, 0.25) is 5.91 Å². The van der Waals surface area contributed by atoms with Crippen LogP contribution in [0.2, 0.25) is 0 Å². The summed E-state index contributed by atoms with van der Waals surface area (Å²) in [5.41, 5.74) is 3.28. The Balaban J connectivity index is 2.07. The van der Waals surface area contributed by atoms with Gasteiger partial charge in [0.1, 0.15) is 6.04 Å². The van der Waals surface area contributed by atoms with Gasteiger partial charge in [-0.05, 0) is 38.2 Å². The van der Waals surface area contributed by atoms with Crippen molar-refractivity contribution in [2.24, 2.45) is 5.41 Å². The summed E-state index contributed by atoms with van der Waals surface area (Å²) >= 11 is 0. The number of benzene rings is 1. The molecule has 1 saturated heterocycles. The number of rotatable bonds is 8. The highest BCUT2D eigenvalue weighted by atomic mass is 16.5. The van der Waals surface area contributed by atoms with Crippen molar-refractivity contribution in [3.63, 3.8) is 0 Å². The molecule has 142 valence electrons. The summed E-state index contributed by atoms with van der Waals surface area (Å²) in [7, 11) is 0. The van der Waals surface area contributed by atoms with Crippen molar-refractivity contribution in [2.45, 2.75) is 52.0 Å². The lowest BCUT2D eigenvalue weighted by Crippen LogP contribution is -2.48. The highest BCUT2D eigenvalue weighted by Crippen LogP contribution is 2.37. The summed E-state index contributed by atoms with van der Waals surface area (Å²) in [5, 5.41) is 17.8. The second kappa shape index (κ2) is 8.31. The van der Waals surface area contributed by atoms with Crippen LogP contribution in [0.5, 0.6) is 0 Å². The Morgan fingerprint density at radius 3 is 2.73 bits per heavy atom. The normalized spacial score (nSPS) is 20.9. The molecule has 0 spiro atoms. The zero-order valence-electron chi connectivity index (χ0n) is 15.2. The molecular weight excluding hydrogens is 336 g/mol. The molecule has 1 aromatic rings. The van der Waals surface area contributed by atoms with Crippen molar-refractivity contribution < 1.29 is 24.7 Å². The van der Waals surface area contributed by atoms with Crippen LogP contribution in [0.15, 0.2) is 24.3 Å². The predicted molar refractivity (Wildman–Crippen MR) is 94.5 cm³/mol. The summed E-state index contributed by atoms with van der Waals surface area (Å²) in [6, 6.07) is 7.17. The Morgan fingerprint density at radius 2 is 2.12 bits per heavy atom. The molecule has 2 unspecified atom stereocenters. The van der Waals surface area contributed by atoms with Crippen LogP contribution < -0.4 is 5.48 Å². The van der Waals surface area contributed by atoms with E-state index >= 15 is 0 Å². The van der Waals surface area contributed by atoms with Crippen LogP contribution in [0.3, 0.4) is 0 Å². The molecule has 0 bridgehead atoms. The van der Waals surface area contributed by atoms with E-state index < -0.39 is 23.3 Å². The number of aryl methyl sites for hydroxylation is 2. The van der Waals surface area contributed by atoms with Gasteiger partial charge in [-0.3, -0.25) is 19.6 Å². The molecule has 1 heterocycles. The molecular formula is C19H26N2O5. The number of amides is 2. The Morgan fingerprint density at radius 1 is 1.38 bits per heavy atom. The van der Waals surface area contributed by atoms with E-state index in [0.717, 1.165) is 12.0 Å². The lowest BCUT2D eigenvalue weighted by molar-refractivity contribution is -0.147. The van der Waals surface area contributed by atoms with Gasteiger partial charge in [0.15, 0.2) is 0 Å². The fraction of sp³-hybridized carbons (Fsp3) is 0.526. The first-order valence-electron chi connectivity index (χ1n) is 8.79. The van der Waals surface area contributed by atoms with Crippen molar-refractivity contribution in [3.8, 4) is 0 Å². The van der Waals surface area contributed by atoms with Gasteiger partial charge in [-0.2, -0.15) is 0 Å². The number of likely N-dealkylation sites (tertiary alicyclic amines) is 1. The molecule has 2 atom stereocenters. The average Bonchev–Trinajstić information content (AvgIpc) is 2.89. The van der Waals surface area contributed by atoms with E-state index in [-0.39, 0.29) is 18.7 Å². The third-order valence-corrected chi connectivity index (χ3v) is 5.15. The number of hydrogen-bond acceptors (Lipinski definition) is 4. The number of carboxylic acid groups (broad SMARTS) is 1. The monoisotopic (exact) mass is 362 g/mol. The third kappa shape index (κ3) is 4.60. The van der Waals surface area contributed by atoms with Gasteiger partial charge in [0, 0.05) is 18.4 Å². The number of carbonyl (C=O) groups excluding carboxylic acids is 2. The third-order valence-electron chi connectivity index (χ3n) is 5.15. The number of carboxylic acids is 1. The molecule has 1 aromatic carbocycles. The summed E-state index contributed by atoms with van der Waals surface area (Å²) in [6.45, 7) is 4.28. The smallest absolute Gasteiger partial charge is 0.303 e. The molecule has 7 heteroatoms. The van der Waals surface area contributed by atoms with Gasteiger partial charge >= 0.3 is 5.97 Å². The molecule has 0 saturated carbocycles. The minimum Gasteiger partial charge on any atom is -0.481 e. The van der Waals surface area contributed by atoms with Gasteiger partial charge in [-0.1, -0.05) is 36.8 Å². The maximum Gasteiger partial charge on any atom is 0.303 e. The van der Waals surface area contributed by atoms with Gasteiger partial charge in [0.05, 0.1) is 0 Å². The number of nitrogens with zero attached hydrogens (tertiary/aromatic N) is 1. The van der Waals surface area contributed by atoms with E-state index in [1.807, 2.05) is 32.0 Å². The van der Waals surface area contributed by atoms with Crippen LogP contribution in [0.1, 0.15) is 43.7 Å². The number of aliphatic carboxylic acids is 1. The van der Waals surface area contributed by atoms with Crippen LogP contribution >= 0.6 is 0 Å². The summed E-state index contributed by atoms with van der Waals surface area (Å²) in [4.78, 5) is 37.1. The Hall–Kier alpha value is -2.41. The van der Waals surface area contributed by atoms with Crippen LogP contribution in [0.25, 0.3) is 0 Å². The van der Waals surface area contributed by atoms with E-state index in [0.29, 0.717) is 19.4 Å². The van der Waals surface area contributed by atoms with E-state index in [9.17, 15) is 14.4 Å². The lowest BCUT2D eigenvalue weighted by Gasteiger charge is -2.28. The summed E-state index contributed by atoms with van der Waals surface area (Å²) < 4.78 is 0. The number of hydroxylamine groups is 1. The number of carbonyl (C=O) groups is 3. The number of nitrogens with one attached hydrogen (secondary N) is 1. The highest BCUT2D eigenvalue weighted by Gasteiger charge is 2.46. The van der Waals surface area contributed by atoms with E-state index in [1.165, 1.54) is 10.5 Å². The maximum atomic E-state index is 12.9. The molecule has 0 aliphatic carbocycles. The Bertz CT molecular complexity index is 690. The van der Waals surface area contributed by atoms with Gasteiger partial charge in [-0.15, -0.1) is 0 Å². The first-order chi connectivity index (χ1) is 12.3. The second-order valence-corrected chi connectivity index (χ2v) is 7.22. The summed E-state index contributed by atoms with van der Waals surface area (Å²) in [6.07, 6.45) is 1.73. The molecule has 2 amide bonds. The lowest BCUT2D eigenvalue weighted by atomic mass is 9.82. The molecule has 26 heavy (non-hydrogen) atoms. The van der Waals surface area contributed by atoms with Crippen molar-refractivity contribution in [2.75, 3.05) is 6.54 Å². The van der Waals surface area contributed by atoms with Crippen LogP contribution in [-0.4, -0.2) is 45.6 Å². The minimum atomic E-state index is -1.05. The standard InChI is InChI=1S/C19H26N2O5/c1-13-4-3-5-14(12-13)8-9-19(2)10-11-21(18(19)25)15(17(24)20-26)6-7-16(22)23/h3-5,12,15,26H,6-11H2,1-2H3,(H,20,24)(H,22,23). The molecule has 3 N–H and O–H groups in total. The first-order valence-corrected chi connectivity index (χ1v) is 8.79. The van der Waals surface area contributed by atoms with Crippen molar-refractivity contribution >= 4 is 17.8 Å². The Kier molecular flexibility index (Phi) is 6.37. The maximum absolute atomic E-state index is 12.9. The zero-order chi connectivity index (χ0) is 19.3. The second-order valence-electron chi connectivity index (χ2n) is 7.22. The van der Waals surface area contributed by atoms with E-state index in [2.05, 4.69) is 6.07 Å². The van der Waals surface area contributed by atoms with Crippen LogP contribution in [-0.2, 0) is 20.8 Å². The van der Waals surface area contributed by atoms with Crippen molar-refractivity contribution in [1.29, 1.82) is 0 Å². The fourth-order valence-electron chi connectivity index (χ4n) is 3.50. The SMILES string of the molecule is Cc1cccc(CCC2(C)CCN(C(CCC(=O)O)C(=O)NO)C2=O)c1. The molecule has 1 aliphatic rings. The fourth-order valence-corrected chi connectivity index (χ4v) is 3.50. The predicted octanol–water partition coefficient (Wildman–Crippen LogP) is 1.91. The highest BCUT2D eigenvalue weighted by molar-refractivity contribution is 5.91. The van der Waals surface area contributed by atoms with Crippen molar-refractivity contribution in [3.05, 3.63) is 35.4 Å². The molecule has 7 nitrogen and oxygen atoms in total. The molecule has 0 aromatic heterocycles. The van der Waals surface area contributed by atoms with E-state index in [4.69, 9.17) is 10.3 Å². The van der Waals surface area contributed by atoms with Gasteiger partial charge < -0.3 is 10.0 Å². The molecule has 1 aliphatic heterocycles. The number of hydrogen-bond donors (Lipinski definition) is 3. The largest absolute Gasteiger partial charge is 0.481 e. The zero-order valence-corrected chi connectivity index (χ0v) is 15.2. The quantitative estimate of drug-likeness (QED) is 0.484. The first kappa shape index (κ1) is 19.9. The topological polar surface area (TPSA) is 107 Å². The Labute approximate surface area is 153 Å².